The van der Waals surface area contributed by atoms with Gasteiger partial charge >= 0.3 is 6.18 Å². The van der Waals surface area contributed by atoms with Gasteiger partial charge < -0.3 is 9.90 Å². The normalized spacial score (nSPS) is 14.0. The van der Waals surface area contributed by atoms with Crippen molar-refractivity contribution in [1.82, 2.24) is 0 Å². The summed E-state index contributed by atoms with van der Waals surface area (Å²) in [7, 11) is 0. The molecule has 1 atom stereocenters. The topological polar surface area (TPSA) is 57.2 Å². The fourth-order valence-electron chi connectivity index (χ4n) is 0.657. The molecule has 0 N–H and O–H groups in total. The van der Waals surface area contributed by atoms with Crippen LogP contribution in [0.2, 0.25) is 0 Å². The van der Waals surface area contributed by atoms with E-state index in [1.165, 1.54) is 6.92 Å². The van der Waals surface area contributed by atoms with Gasteiger partial charge in [-0.1, -0.05) is 6.92 Å². The van der Waals surface area contributed by atoms with Crippen molar-refractivity contribution in [3.63, 3.8) is 0 Å². The number of rotatable bonds is 3. The zero-order valence-electron chi connectivity index (χ0n) is 6.14. The molecule has 0 saturated carbocycles. The van der Waals surface area contributed by atoms with Gasteiger partial charge in [0, 0.05) is 0 Å². The summed E-state index contributed by atoms with van der Waals surface area (Å²) in [6.07, 6.45) is -5.51. The van der Waals surface area contributed by atoms with Crippen molar-refractivity contribution in [3.8, 4) is 0 Å². The highest BCUT2D eigenvalue weighted by molar-refractivity contribution is 6.00. The first-order chi connectivity index (χ1) is 5.30. The van der Waals surface area contributed by atoms with E-state index in [1.54, 1.807) is 0 Å². The van der Waals surface area contributed by atoms with Crippen LogP contribution in [-0.2, 0) is 9.59 Å². The maximum atomic E-state index is 11.6. The van der Waals surface area contributed by atoms with Crippen LogP contribution in [0.3, 0.4) is 0 Å². The molecule has 0 aromatic heterocycles. The maximum Gasteiger partial charge on any atom is 0.450 e. The number of aliphatic carboxylic acids is 1. The molecule has 0 aliphatic rings. The summed E-state index contributed by atoms with van der Waals surface area (Å²) in [5.41, 5.74) is 0. The van der Waals surface area contributed by atoms with E-state index in [2.05, 4.69) is 0 Å². The summed E-state index contributed by atoms with van der Waals surface area (Å²) in [5.74, 6) is -6.32. The number of carbonyl (C=O) groups is 2. The molecule has 0 aliphatic carbocycles. The average Bonchev–Trinajstić information content (AvgIpc) is 1.86. The first-order valence-electron chi connectivity index (χ1n) is 3.12. The zero-order valence-corrected chi connectivity index (χ0v) is 6.14. The molecule has 0 heterocycles. The van der Waals surface area contributed by atoms with Crippen LogP contribution in [0.15, 0.2) is 0 Å². The van der Waals surface area contributed by atoms with E-state index >= 15 is 0 Å². The highest BCUT2D eigenvalue weighted by Crippen LogP contribution is 2.22. The van der Waals surface area contributed by atoms with Crippen molar-refractivity contribution in [2.45, 2.75) is 19.5 Å². The molecule has 0 bridgehead atoms. The molecular weight excluding hydrogens is 177 g/mol. The molecule has 1 unspecified atom stereocenters. The molecule has 0 aromatic carbocycles. The summed E-state index contributed by atoms with van der Waals surface area (Å²) in [6.45, 7) is 1.17. The van der Waals surface area contributed by atoms with Crippen LogP contribution in [0.4, 0.5) is 13.2 Å². The smallest absolute Gasteiger partial charge is 0.450 e. The molecule has 0 rings (SSSR count). The second-order valence-corrected chi connectivity index (χ2v) is 2.14. The Bertz CT molecular complexity index is 197. The van der Waals surface area contributed by atoms with Crippen LogP contribution in [0, 0.1) is 5.92 Å². The lowest BCUT2D eigenvalue weighted by Gasteiger charge is -2.15. The van der Waals surface area contributed by atoms with E-state index in [1.807, 2.05) is 0 Å². The lowest BCUT2D eigenvalue weighted by Crippen LogP contribution is -2.41. The Morgan fingerprint density at radius 2 is 1.83 bits per heavy atom. The van der Waals surface area contributed by atoms with Gasteiger partial charge in [-0.05, 0) is 6.42 Å². The van der Waals surface area contributed by atoms with Crippen molar-refractivity contribution in [2.75, 3.05) is 0 Å². The molecule has 0 fully saturated rings. The number of hydrogen-bond acceptors (Lipinski definition) is 3. The molecule has 12 heavy (non-hydrogen) atoms. The van der Waals surface area contributed by atoms with Gasteiger partial charge in [0.15, 0.2) is 0 Å². The van der Waals surface area contributed by atoms with Crippen molar-refractivity contribution in [1.29, 1.82) is 0 Å². The van der Waals surface area contributed by atoms with Gasteiger partial charge in [0.05, 0.1) is 11.9 Å². The highest BCUT2D eigenvalue weighted by atomic mass is 19.4. The Balaban J connectivity index is 4.55. The first-order valence-corrected chi connectivity index (χ1v) is 3.12. The number of carboxylic acids is 1. The molecule has 0 spiro atoms. The SMILES string of the molecule is CCC(C(=O)[O-])C(=O)C(F)(F)F. The zero-order chi connectivity index (χ0) is 9.94. The van der Waals surface area contributed by atoms with E-state index < -0.39 is 30.3 Å². The third-order valence-corrected chi connectivity index (χ3v) is 1.29. The largest absolute Gasteiger partial charge is 0.549 e. The van der Waals surface area contributed by atoms with E-state index in [4.69, 9.17) is 0 Å². The van der Waals surface area contributed by atoms with Crippen molar-refractivity contribution in [3.05, 3.63) is 0 Å². The monoisotopic (exact) mass is 183 g/mol. The summed E-state index contributed by atoms with van der Waals surface area (Å²) in [6, 6.07) is 0. The third-order valence-electron chi connectivity index (χ3n) is 1.29. The number of hydrogen-bond donors (Lipinski definition) is 0. The Labute approximate surface area is 66.2 Å². The standard InChI is InChI=1S/C6H7F3O3/c1-2-3(5(11)12)4(10)6(7,8)9/h3H,2H2,1H3,(H,11,12)/p-1. The fraction of sp³-hybridized carbons (Fsp3) is 0.667. The number of Topliss-reactive ketones (excluding diaryl/α,β-unsaturated/α-hetero) is 1. The minimum atomic E-state index is -5.10. The Morgan fingerprint density at radius 1 is 1.42 bits per heavy atom. The fourth-order valence-corrected chi connectivity index (χ4v) is 0.657. The molecule has 0 saturated heterocycles. The average molecular weight is 183 g/mol. The summed E-state index contributed by atoms with van der Waals surface area (Å²) >= 11 is 0. The first kappa shape index (κ1) is 10.9. The van der Waals surface area contributed by atoms with Crippen molar-refractivity contribution in [2.24, 2.45) is 5.92 Å². The lowest BCUT2D eigenvalue weighted by atomic mass is 10.0. The second-order valence-electron chi connectivity index (χ2n) is 2.14. The van der Waals surface area contributed by atoms with Crippen LogP contribution >= 0.6 is 0 Å². The Morgan fingerprint density at radius 3 is 1.92 bits per heavy atom. The molecule has 3 nitrogen and oxygen atoms in total. The molecular formula is C6H6F3O3-. The number of ketones is 1. The quantitative estimate of drug-likeness (QED) is 0.574. The molecule has 0 aromatic rings. The van der Waals surface area contributed by atoms with Crippen LogP contribution in [0.1, 0.15) is 13.3 Å². The highest BCUT2D eigenvalue weighted by Gasteiger charge is 2.42. The number of halogens is 3. The molecule has 0 amide bonds. The van der Waals surface area contributed by atoms with E-state index in [-0.39, 0.29) is 0 Å². The van der Waals surface area contributed by atoms with Crippen LogP contribution < -0.4 is 5.11 Å². The lowest BCUT2D eigenvalue weighted by molar-refractivity contribution is -0.311. The Hall–Kier alpha value is -1.07. The predicted octanol–water partition coefficient (Wildman–Crippen LogP) is -0.106. The van der Waals surface area contributed by atoms with Gasteiger partial charge in [0.2, 0.25) is 5.78 Å². The van der Waals surface area contributed by atoms with Gasteiger partial charge in [-0.2, -0.15) is 13.2 Å². The predicted molar refractivity (Wildman–Crippen MR) is 29.8 cm³/mol. The summed E-state index contributed by atoms with van der Waals surface area (Å²) in [4.78, 5) is 20.3. The van der Waals surface area contributed by atoms with Gasteiger partial charge in [-0.15, -0.1) is 0 Å². The Kier molecular flexibility index (Phi) is 3.24. The molecule has 6 heteroatoms. The van der Waals surface area contributed by atoms with E-state index in [0.717, 1.165) is 0 Å². The molecule has 0 radical (unpaired) electrons. The number of carbonyl (C=O) groups excluding carboxylic acids is 2. The van der Waals surface area contributed by atoms with Crippen molar-refractivity contribution < 1.29 is 27.9 Å². The van der Waals surface area contributed by atoms with Gasteiger partial charge in [-0.25, -0.2) is 0 Å². The minimum Gasteiger partial charge on any atom is -0.549 e. The summed E-state index contributed by atoms with van der Waals surface area (Å²) in [5, 5.41) is 9.99. The molecule has 0 aliphatic heterocycles. The maximum absolute atomic E-state index is 11.6. The van der Waals surface area contributed by atoms with Gasteiger partial charge in [-0.3, -0.25) is 4.79 Å². The summed E-state index contributed by atoms with van der Waals surface area (Å²) < 4.78 is 34.8. The van der Waals surface area contributed by atoms with Crippen molar-refractivity contribution >= 4 is 11.8 Å². The van der Waals surface area contributed by atoms with E-state index in [0.29, 0.717) is 0 Å². The number of carboxylic acid groups (broad SMARTS) is 1. The van der Waals surface area contributed by atoms with Gasteiger partial charge in [0.1, 0.15) is 0 Å². The van der Waals surface area contributed by atoms with Crippen LogP contribution in [0.5, 0.6) is 0 Å². The van der Waals surface area contributed by atoms with E-state index in [9.17, 15) is 27.9 Å². The van der Waals surface area contributed by atoms with Gasteiger partial charge in [0.25, 0.3) is 0 Å². The van der Waals surface area contributed by atoms with Crippen LogP contribution in [-0.4, -0.2) is 17.9 Å². The number of alkyl halides is 3. The van der Waals surface area contributed by atoms with Crippen LogP contribution in [0.25, 0.3) is 0 Å². The third kappa shape index (κ3) is 2.52. The molecule has 70 valence electrons. The minimum absolute atomic E-state index is 0.416. The second kappa shape index (κ2) is 3.55.